The first-order valence-corrected chi connectivity index (χ1v) is 6.72. The minimum Gasteiger partial charge on any atom is -0.462 e. The number of carbonyl (C=O) groups is 1. The molecule has 102 valence electrons. The van der Waals surface area contributed by atoms with Crippen LogP contribution >= 0.6 is 0 Å². The Balaban J connectivity index is 2.22. The predicted octanol–water partition coefficient (Wildman–Crippen LogP) is 2.41. The fourth-order valence-electron chi connectivity index (χ4n) is 2.45. The molecule has 2 unspecified atom stereocenters. The topological polar surface area (TPSA) is 46.5 Å². The van der Waals surface area contributed by atoms with Gasteiger partial charge in [-0.3, -0.25) is 4.79 Å². The molecule has 0 bridgehead atoms. The highest BCUT2D eigenvalue weighted by Gasteiger charge is 2.16. The first kappa shape index (κ1) is 13.8. The van der Waals surface area contributed by atoms with Crippen LogP contribution in [0.3, 0.4) is 0 Å². The molecule has 0 aromatic heterocycles. The molecule has 1 aromatic rings. The van der Waals surface area contributed by atoms with E-state index < -0.39 is 0 Å². The van der Waals surface area contributed by atoms with Crippen LogP contribution in [0.15, 0.2) is 36.4 Å². The van der Waals surface area contributed by atoms with Crippen molar-refractivity contribution in [3.8, 4) is 0 Å². The monoisotopic (exact) mass is 260 g/mol. The highest BCUT2D eigenvalue weighted by molar-refractivity contribution is 5.66. The standard InChI is InChI=1S/C16H20O3/c1-12(17)19-16-9-5-4-8-15(18)10-13-6-2-3-7-14(13)11-16/h2-7,15-16,18H,8-11H2,1H3/b5-4-. The van der Waals surface area contributed by atoms with E-state index in [-0.39, 0.29) is 18.2 Å². The molecule has 0 amide bonds. The Morgan fingerprint density at radius 1 is 1.16 bits per heavy atom. The highest BCUT2D eigenvalue weighted by atomic mass is 16.5. The van der Waals surface area contributed by atoms with Crippen LogP contribution < -0.4 is 0 Å². The lowest BCUT2D eigenvalue weighted by Crippen LogP contribution is -2.21. The van der Waals surface area contributed by atoms with Gasteiger partial charge in [-0.2, -0.15) is 0 Å². The summed E-state index contributed by atoms with van der Waals surface area (Å²) in [4.78, 5) is 11.1. The van der Waals surface area contributed by atoms with Gasteiger partial charge in [0.05, 0.1) is 6.10 Å². The van der Waals surface area contributed by atoms with Gasteiger partial charge in [-0.1, -0.05) is 36.4 Å². The fraction of sp³-hybridized carbons (Fsp3) is 0.438. The molecular formula is C16H20O3. The summed E-state index contributed by atoms with van der Waals surface area (Å²) in [6.07, 6.45) is 6.18. The number of rotatable bonds is 1. The van der Waals surface area contributed by atoms with Crippen molar-refractivity contribution in [2.45, 2.75) is 44.8 Å². The van der Waals surface area contributed by atoms with Crippen molar-refractivity contribution in [1.29, 1.82) is 0 Å². The predicted molar refractivity (Wildman–Crippen MR) is 73.8 cm³/mol. The van der Waals surface area contributed by atoms with E-state index in [0.29, 0.717) is 25.7 Å². The first-order chi connectivity index (χ1) is 9.15. The van der Waals surface area contributed by atoms with Crippen LogP contribution in [-0.2, 0) is 22.4 Å². The Morgan fingerprint density at radius 3 is 2.47 bits per heavy atom. The molecule has 19 heavy (non-hydrogen) atoms. The Bertz CT molecular complexity index is 465. The molecule has 1 N–H and O–H groups in total. The maximum Gasteiger partial charge on any atom is 0.302 e. The zero-order chi connectivity index (χ0) is 13.7. The van der Waals surface area contributed by atoms with Gasteiger partial charge in [-0.15, -0.1) is 0 Å². The van der Waals surface area contributed by atoms with Crippen molar-refractivity contribution in [1.82, 2.24) is 0 Å². The third-order valence-corrected chi connectivity index (χ3v) is 3.33. The van der Waals surface area contributed by atoms with Crippen LogP contribution in [0.5, 0.6) is 0 Å². The third kappa shape index (κ3) is 4.21. The molecule has 1 aromatic carbocycles. The molecule has 3 heteroatoms. The van der Waals surface area contributed by atoms with Gasteiger partial charge in [0.2, 0.25) is 0 Å². The minimum atomic E-state index is -0.345. The summed E-state index contributed by atoms with van der Waals surface area (Å²) in [6.45, 7) is 1.44. The summed E-state index contributed by atoms with van der Waals surface area (Å²) in [5.41, 5.74) is 2.30. The molecule has 2 atom stereocenters. The molecule has 1 aliphatic rings. The Morgan fingerprint density at radius 2 is 1.79 bits per heavy atom. The average molecular weight is 260 g/mol. The van der Waals surface area contributed by atoms with E-state index in [1.165, 1.54) is 6.92 Å². The van der Waals surface area contributed by atoms with Crippen molar-refractivity contribution in [3.05, 3.63) is 47.5 Å². The molecule has 0 saturated heterocycles. The molecule has 2 rings (SSSR count). The second kappa shape index (κ2) is 6.53. The van der Waals surface area contributed by atoms with Crippen LogP contribution in [-0.4, -0.2) is 23.3 Å². The van der Waals surface area contributed by atoms with Crippen LogP contribution in [0.1, 0.15) is 30.9 Å². The normalized spacial score (nSPS) is 25.2. The number of fused-ring (bicyclic) bond motifs is 1. The van der Waals surface area contributed by atoms with E-state index in [4.69, 9.17) is 4.74 Å². The summed E-state index contributed by atoms with van der Waals surface area (Å²) in [5.74, 6) is -0.243. The van der Waals surface area contributed by atoms with Crippen molar-refractivity contribution < 1.29 is 14.6 Å². The second-order valence-electron chi connectivity index (χ2n) is 5.01. The summed E-state index contributed by atoms with van der Waals surface area (Å²) < 4.78 is 5.35. The smallest absolute Gasteiger partial charge is 0.302 e. The van der Waals surface area contributed by atoms with Crippen molar-refractivity contribution in [3.63, 3.8) is 0 Å². The molecule has 0 fully saturated rings. The number of carbonyl (C=O) groups excluding carboxylic acids is 1. The molecule has 1 aliphatic carbocycles. The average Bonchev–Trinajstić information content (AvgIpc) is 2.36. The second-order valence-corrected chi connectivity index (χ2v) is 5.01. The zero-order valence-corrected chi connectivity index (χ0v) is 11.2. The van der Waals surface area contributed by atoms with E-state index in [1.54, 1.807) is 0 Å². The fourth-order valence-corrected chi connectivity index (χ4v) is 2.45. The lowest BCUT2D eigenvalue weighted by atomic mass is 9.94. The summed E-state index contributed by atoms with van der Waals surface area (Å²) >= 11 is 0. The third-order valence-electron chi connectivity index (χ3n) is 3.33. The molecule has 0 heterocycles. The van der Waals surface area contributed by atoms with Gasteiger partial charge in [-0.05, 0) is 24.0 Å². The summed E-state index contributed by atoms with van der Waals surface area (Å²) in [5, 5.41) is 9.95. The Hall–Kier alpha value is -1.61. The Kier molecular flexibility index (Phi) is 4.74. The SMILES string of the molecule is CC(=O)OC1C/C=C\CC(O)Cc2ccccc2C1. The number of hydrogen-bond acceptors (Lipinski definition) is 3. The number of aliphatic hydroxyl groups excluding tert-OH is 1. The van der Waals surface area contributed by atoms with E-state index in [2.05, 4.69) is 0 Å². The van der Waals surface area contributed by atoms with Gasteiger partial charge in [0.15, 0.2) is 0 Å². The molecule has 3 nitrogen and oxygen atoms in total. The van der Waals surface area contributed by atoms with E-state index in [9.17, 15) is 9.90 Å². The van der Waals surface area contributed by atoms with Gasteiger partial charge in [0.1, 0.15) is 6.10 Å². The van der Waals surface area contributed by atoms with Gasteiger partial charge in [-0.25, -0.2) is 0 Å². The van der Waals surface area contributed by atoms with Crippen LogP contribution in [0.25, 0.3) is 0 Å². The number of ether oxygens (including phenoxy) is 1. The van der Waals surface area contributed by atoms with Gasteiger partial charge in [0.25, 0.3) is 0 Å². The van der Waals surface area contributed by atoms with E-state index >= 15 is 0 Å². The van der Waals surface area contributed by atoms with Crippen molar-refractivity contribution in [2.75, 3.05) is 0 Å². The number of hydrogen-bond donors (Lipinski definition) is 1. The van der Waals surface area contributed by atoms with Gasteiger partial charge in [0, 0.05) is 19.8 Å². The lowest BCUT2D eigenvalue weighted by molar-refractivity contribution is -0.146. The molecule has 0 aliphatic heterocycles. The quantitative estimate of drug-likeness (QED) is 0.623. The maximum absolute atomic E-state index is 11.1. The Labute approximate surface area is 113 Å². The van der Waals surface area contributed by atoms with Gasteiger partial charge >= 0.3 is 5.97 Å². The summed E-state index contributed by atoms with van der Waals surface area (Å²) in [7, 11) is 0. The molecule has 0 radical (unpaired) electrons. The molecular weight excluding hydrogens is 240 g/mol. The van der Waals surface area contributed by atoms with Crippen molar-refractivity contribution >= 4 is 5.97 Å². The highest BCUT2D eigenvalue weighted by Crippen LogP contribution is 2.19. The van der Waals surface area contributed by atoms with Crippen LogP contribution in [0.4, 0.5) is 0 Å². The largest absolute Gasteiger partial charge is 0.462 e. The maximum atomic E-state index is 11.1. The van der Waals surface area contributed by atoms with Gasteiger partial charge < -0.3 is 9.84 Å². The van der Waals surface area contributed by atoms with Crippen LogP contribution in [0.2, 0.25) is 0 Å². The first-order valence-electron chi connectivity index (χ1n) is 6.72. The molecule has 0 saturated carbocycles. The van der Waals surface area contributed by atoms with E-state index in [0.717, 1.165) is 11.1 Å². The lowest BCUT2D eigenvalue weighted by Gasteiger charge is -2.20. The van der Waals surface area contributed by atoms with Crippen LogP contribution in [0, 0.1) is 0 Å². The summed E-state index contributed by atoms with van der Waals surface area (Å²) in [6, 6.07) is 8.05. The zero-order valence-electron chi connectivity index (χ0n) is 11.2. The number of esters is 1. The van der Waals surface area contributed by atoms with E-state index in [1.807, 2.05) is 36.4 Å². The minimum absolute atomic E-state index is 0.120. The number of benzene rings is 1. The number of aliphatic hydroxyl groups is 1. The molecule has 0 spiro atoms. The van der Waals surface area contributed by atoms with Crippen molar-refractivity contribution in [2.24, 2.45) is 0 Å².